The topological polar surface area (TPSA) is 108 Å². The van der Waals surface area contributed by atoms with E-state index in [4.69, 9.17) is 11.6 Å². The Morgan fingerprint density at radius 3 is 2.69 bits per heavy atom. The molecule has 1 saturated heterocycles. The summed E-state index contributed by atoms with van der Waals surface area (Å²) >= 11 is 6.05. The fourth-order valence-electron chi connectivity index (χ4n) is 4.22. The standard InChI is InChI=1S/C23H23ClN4O4/c1-13(2)25-20(30)16-8-7-15(24)11-18(16)26-19(29)12-28-21(31)23(27-22(28)32)10-9-14-5-3-4-6-17(14)23/h3-8,11,13H,9-10,12H2,1-2H3,(H,25,30)(H,26,29)(H,27,32)/t23-/m0/s1. The van der Waals surface area contributed by atoms with Gasteiger partial charge < -0.3 is 16.0 Å². The van der Waals surface area contributed by atoms with Crippen LogP contribution < -0.4 is 16.0 Å². The molecule has 0 aromatic heterocycles. The van der Waals surface area contributed by atoms with E-state index < -0.39 is 29.9 Å². The molecule has 32 heavy (non-hydrogen) atoms. The predicted molar refractivity (Wildman–Crippen MR) is 119 cm³/mol. The molecule has 5 amide bonds. The Morgan fingerprint density at radius 2 is 1.94 bits per heavy atom. The van der Waals surface area contributed by atoms with E-state index in [0.717, 1.165) is 16.0 Å². The van der Waals surface area contributed by atoms with Crippen molar-refractivity contribution in [3.8, 4) is 0 Å². The largest absolute Gasteiger partial charge is 0.350 e. The molecular weight excluding hydrogens is 432 g/mol. The van der Waals surface area contributed by atoms with Gasteiger partial charge in [0.2, 0.25) is 5.91 Å². The zero-order valence-corrected chi connectivity index (χ0v) is 18.5. The van der Waals surface area contributed by atoms with Crippen molar-refractivity contribution in [2.45, 2.75) is 38.3 Å². The van der Waals surface area contributed by atoms with Crippen molar-refractivity contribution in [1.82, 2.24) is 15.5 Å². The van der Waals surface area contributed by atoms with E-state index in [9.17, 15) is 19.2 Å². The van der Waals surface area contributed by atoms with Crippen LogP contribution in [-0.2, 0) is 21.5 Å². The Bertz CT molecular complexity index is 1130. The number of halogens is 1. The fraction of sp³-hybridized carbons (Fsp3) is 0.304. The van der Waals surface area contributed by atoms with E-state index in [-0.39, 0.29) is 23.2 Å². The summed E-state index contributed by atoms with van der Waals surface area (Å²) in [6, 6.07) is 11.3. The molecule has 2 aromatic rings. The van der Waals surface area contributed by atoms with Gasteiger partial charge in [-0.2, -0.15) is 0 Å². The maximum atomic E-state index is 13.2. The minimum absolute atomic E-state index is 0.0990. The van der Waals surface area contributed by atoms with Crippen LogP contribution in [0.1, 0.15) is 41.8 Å². The smallest absolute Gasteiger partial charge is 0.325 e. The average Bonchev–Trinajstić information content (AvgIpc) is 3.21. The summed E-state index contributed by atoms with van der Waals surface area (Å²) < 4.78 is 0. The third-order valence-electron chi connectivity index (χ3n) is 5.64. The van der Waals surface area contributed by atoms with Crippen molar-refractivity contribution in [2.75, 3.05) is 11.9 Å². The lowest BCUT2D eigenvalue weighted by molar-refractivity contribution is -0.134. The first kappa shape index (κ1) is 21.8. The van der Waals surface area contributed by atoms with Gasteiger partial charge in [-0.05, 0) is 56.0 Å². The number of urea groups is 1. The third-order valence-corrected chi connectivity index (χ3v) is 5.88. The van der Waals surface area contributed by atoms with Crippen LogP contribution in [0.15, 0.2) is 42.5 Å². The Morgan fingerprint density at radius 1 is 1.19 bits per heavy atom. The summed E-state index contributed by atoms with van der Waals surface area (Å²) in [5.74, 6) is -1.44. The van der Waals surface area contributed by atoms with Gasteiger partial charge in [0.15, 0.2) is 0 Å². The number of rotatable bonds is 5. The second-order valence-corrected chi connectivity index (χ2v) is 8.69. The molecule has 2 aliphatic rings. The number of anilines is 1. The lowest BCUT2D eigenvalue weighted by Gasteiger charge is -2.22. The molecule has 3 N–H and O–H groups in total. The Balaban J connectivity index is 1.52. The van der Waals surface area contributed by atoms with Crippen molar-refractivity contribution in [3.63, 3.8) is 0 Å². The molecule has 0 unspecified atom stereocenters. The predicted octanol–water partition coefficient (Wildman–Crippen LogP) is 2.81. The Kier molecular flexibility index (Phi) is 5.64. The Hall–Kier alpha value is -3.39. The van der Waals surface area contributed by atoms with E-state index in [2.05, 4.69) is 16.0 Å². The van der Waals surface area contributed by atoms with Crippen LogP contribution >= 0.6 is 11.6 Å². The first-order valence-corrected chi connectivity index (χ1v) is 10.7. The van der Waals surface area contributed by atoms with E-state index in [1.807, 2.05) is 38.1 Å². The van der Waals surface area contributed by atoms with Crippen molar-refractivity contribution in [2.24, 2.45) is 0 Å². The molecule has 0 radical (unpaired) electrons. The van der Waals surface area contributed by atoms with Crippen molar-refractivity contribution in [3.05, 3.63) is 64.2 Å². The SMILES string of the molecule is CC(C)NC(=O)c1ccc(Cl)cc1NC(=O)CN1C(=O)N[C@]2(CCc3ccccc32)C1=O. The minimum atomic E-state index is -1.13. The summed E-state index contributed by atoms with van der Waals surface area (Å²) in [6.45, 7) is 3.16. The third kappa shape index (κ3) is 3.82. The van der Waals surface area contributed by atoms with Gasteiger partial charge in [0.1, 0.15) is 12.1 Å². The van der Waals surface area contributed by atoms with Crippen LogP contribution in [-0.4, -0.2) is 41.2 Å². The van der Waals surface area contributed by atoms with Crippen LogP contribution in [0.3, 0.4) is 0 Å². The van der Waals surface area contributed by atoms with Crippen molar-refractivity contribution in [1.29, 1.82) is 0 Å². The van der Waals surface area contributed by atoms with Gasteiger partial charge in [0.25, 0.3) is 11.8 Å². The zero-order chi connectivity index (χ0) is 23.0. The zero-order valence-electron chi connectivity index (χ0n) is 17.7. The number of nitrogens with one attached hydrogen (secondary N) is 3. The average molecular weight is 455 g/mol. The number of fused-ring (bicyclic) bond motifs is 2. The van der Waals surface area contributed by atoms with Gasteiger partial charge >= 0.3 is 6.03 Å². The summed E-state index contributed by atoms with van der Waals surface area (Å²) in [6.07, 6.45) is 1.11. The molecule has 1 aliphatic heterocycles. The number of nitrogens with zero attached hydrogens (tertiary/aromatic N) is 1. The van der Waals surface area contributed by atoms with Gasteiger partial charge in [-0.3, -0.25) is 19.3 Å². The molecule has 0 saturated carbocycles. The minimum Gasteiger partial charge on any atom is -0.350 e. The van der Waals surface area contributed by atoms with Crippen LogP contribution in [0.25, 0.3) is 0 Å². The number of carbonyl (C=O) groups excluding carboxylic acids is 4. The van der Waals surface area contributed by atoms with Crippen molar-refractivity contribution >= 4 is 41.0 Å². The number of aryl methyl sites for hydroxylation is 1. The molecule has 1 aliphatic carbocycles. The number of hydrogen-bond acceptors (Lipinski definition) is 4. The van der Waals surface area contributed by atoms with Crippen molar-refractivity contribution < 1.29 is 19.2 Å². The second kappa shape index (κ2) is 8.27. The number of benzene rings is 2. The van der Waals surface area contributed by atoms with Gasteiger partial charge in [0, 0.05) is 11.1 Å². The summed E-state index contributed by atoms with van der Waals surface area (Å²) in [5, 5.41) is 8.49. The highest BCUT2D eigenvalue weighted by Crippen LogP contribution is 2.41. The number of amides is 5. The lowest BCUT2D eigenvalue weighted by Crippen LogP contribution is -2.43. The van der Waals surface area contributed by atoms with E-state index in [1.54, 1.807) is 6.07 Å². The molecular formula is C23H23ClN4O4. The maximum absolute atomic E-state index is 13.2. The number of imide groups is 1. The highest BCUT2D eigenvalue weighted by molar-refractivity contribution is 6.31. The van der Waals surface area contributed by atoms with Gasteiger partial charge in [-0.1, -0.05) is 35.9 Å². The van der Waals surface area contributed by atoms with Gasteiger partial charge in [-0.15, -0.1) is 0 Å². The molecule has 9 heteroatoms. The summed E-state index contributed by atoms with van der Waals surface area (Å²) in [5.41, 5.74) is 1.08. The van der Waals surface area contributed by atoms with Gasteiger partial charge in [0.05, 0.1) is 11.3 Å². The van der Waals surface area contributed by atoms with Crippen LogP contribution in [0.4, 0.5) is 10.5 Å². The maximum Gasteiger partial charge on any atom is 0.325 e. The first-order chi connectivity index (χ1) is 15.2. The summed E-state index contributed by atoms with van der Waals surface area (Å²) in [4.78, 5) is 52.0. The van der Waals surface area contributed by atoms with Crippen LogP contribution in [0.2, 0.25) is 5.02 Å². The highest BCUT2D eigenvalue weighted by atomic mass is 35.5. The second-order valence-electron chi connectivity index (χ2n) is 8.25. The highest BCUT2D eigenvalue weighted by Gasteiger charge is 2.55. The van der Waals surface area contributed by atoms with Gasteiger partial charge in [-0.25, -0.2) is 4.79 Å². The molecule has 1 spiro atoms. The van der Waals surface area contributed by atoms with E-state index in [0.29, 0.717) is 17.9 Å². The first-order valence-electron chi connectivity index (χ1n) is 10.3. The quantitative estimate of drug-likeness (QED) is 0.604. The fourth-order valence-corrected chi connectivity index (χ4v) is 4.40. The molecule has 1 fully saturated rings. The molecule has 0 bridgehead atoms. The molecule has 1 atom stereocenters. The molecule has 166 valence electrons. The molecule has 4 rings (SSSR count). The molecule has 1 heterocycles. The summed E-state index contributed by atoms with van der Waals surface area (Å²) in [7, 11) is 0. The van der Waals surface area contributed by atoms with E-state index >= 15 is 0 Å². The lowest BCUT2D eigenvalue weighted by atomic mass is 9.92. The molecule has 2 aromatic carbocycles. The molecule has 8 nitrogen and oxygen atoms in total. The number of hydrogen-bond donors (Lipinski definition) is 3. The van der Waals surface area contributed by atoms with Crippen LogP contribution in [0.5, 0.6) is 0 Å². The Labute approximate surface area is 190 Å². The van der Waals surface area contributed by atoms with Crippen LogP contribution in [0, 0.1) is 0 Å². The normalized spacial score (nSPS) is 19.3. The van der Waals surface area contributed by atoms with E-state index in [1.165, 1.54) is 12.1 Å². The monoisotopic (exact) mass is 454 g/mol. The number of carbonyl (C=O) groups is 4.